The van der Waals surface area contributed by atoms with Gasteiger partial charge in [0, 0.05) is 101 Å². The third-order valence-electron chi connectivity index (χ3n) is 11.1. The van der Waals surface area contributed by atoms with Gasteiger partial charge < -0.3 is 19.1 Å². The average Bonchev–Trinajstić information content (AvgIpc) is 3.58. The summed E-state index contributed by atoms with van der Waals surface area (Å²) in [6.45, 7) is 7.63. The van der Waals surface area contributed by atoms with Crippen LogP contribution in [0.3, 0.4) is 0 Å². The summed E-state index contributed by atoms with van der Waals surface area (Å²) in [5.74, 6) is -0.195. The number of nitrogens with zero attached hydrogens (tertiary/aromatic N) is 6. The first-order valence-corrected chi connectivity index (χ1v) is 18.0. The molecule has 0 atom stereocenters. The number of H-pyrrole nitrogens is 1. The summed E-state index contributed by atoms with van der Waals surface area (Å²) in [6, 6.07) is 6.17. The number of pyridine rings is 1. The van der Waals surface area contributed by atoms with Crippen molar-refractivity contribution in [3.05, 3.63) is 69.1 Å². The summed E-state index contributed by atoms with van der Waals surface area (Å²) in [5, 5.41) is 9.64. The van der Waals surface area contributed by atoms with Crippen molar-refractivity contribution in [3.63, 3.8) is 0 Å². The molecule has 3 aliphatic rings. The molecule has 13 nitrogen and oxygen atoms in total. The lowest BCUT2D eigenvalue weighted by Gasteiger charge is -2.37. The number of piperazine rings is 1. The maximum Gasteiger partial charge on any atom is 0.329 e. The topological polar surface area (TPSA) is 136 Å². The van der Waals surface area contributed by atoms with Crippen molar-refractivity contribution in [2.75, 3.05) is 62.7 Å². The van der Waals surface area contributed by atoms with Crippen molar-refractivity contribution in [3.8, 4) is 16.9 Å². The van der Waals surface area contributed by atoms with Gasteiger partial charge in [-0.05, 0) is 68.0 Å². The molecular weight excluding hydrogens is 686 g/mol. The van der Waals surface area contributed by atoms with Crippen molar-refractivity contribution < 1.29 is 27.9 Å². The number of carbonyl (C=O) groups excluding carboxylic acids is 3. The molecule has 2 N–H and O–H groups in total. The van der Waals surface area contributed by atoms with Crippen LogP contribution < -0.4 is 25.4 Å². The Morgan fingerprint density at radius 2 is 1.72 bits per heavy atom. The quantitative estimate of drug-likeness (QED) is 0.275. The van der Waals surface area contributed by atoms with E-state index in [4.69, 9.17) is 4.74 Å². The highest BCUT2D eigenvalue weighted by Gasteiger charge is 2.31. The SMILES string of the molecule is COc1cc(-c2cn(C)c(=O)c(C)c2C)cc(F)c1CN1CCN(C(=O)CC2CCN(c3ccc4c(N5CCC(=O)NC5=O)n[nH]c4c3F)CC2)CC1. The molecule has 3 aliphatic heterocycles. The zero-order valence-corrected chi connectivity index (χ0v) is 30.4. The van der Waals surface area contributed by atoms with Crippen LogP contribution in [0.25, 0.3) is 22.0 Å². The van der Waals surface area contributed by atoms with Gasteiger partial charge in [-0.1, -0.05) is 0 Å². The van der Waals surface area contributed by atoms with Crippen molar-refractivity contribution in [1.29, 1.82) is 0 Å². The van der Waals surface area contributed by atoms with E-state index in [1.54, 1.807) is 32.3 Å². The number of nitrogens with one attached hydrogen (secondary N) is 2. The number of aromatic nitrogens is 3. The highest BCUT2D eigenvalue weighted by Crippen LogP contribution is 2.35. The van der Waals surface area contributed by atoms with E-state index in [-0.39, 0.29) is 53.4 Å². The number of fused-ring (bicyclic) bond motifs is 1. The number of carbonyl (C=O) groups is 3. The number of rotatable bonds is 8. The van der Waals surface area contributed by atoms with Gasteiger partial charge in [-0.15, -0.1) is 0 Å². The molecule has 0 unspecified atom stereocenters. The monoisotopic (exact) mass is 730 g/mol. The normalized spacial score (nSPS) is 17.5. The Morgan fingerprint density at radius 1 is 0.981 bits per heavy atom. The molecule has 15 heteroatoms. The molecule has 5 heterocycles. The molecule has 53 heavy (non-hydrogen) atoms. The van der Waals surface area contributed by atoms with Crippen molar-refractivity contribution >= 4 is 40.3 Å². The lowest BCUT2D eigenvalue weighted by molar-refractivity contribution is -0.134. The molecule has 0 saturated carbocycles. The molecule has 0 spiro atoms. The van der Waals surface area contributed by atoms with E-state index in [0.717, 1.165) is 24.0 Å². The molecule has 4 amide bonds. The Hall–Kier alpha value is -5.31. The van der Waals surface area contributed by atoms with Gasteiger partial charge in [0.15, 0.2) is 11.6 Å². The number of aryl methyl sites for hydroxylation is 1. The van der Waals surface area contributed by atoms with E-state index in [2.05, 4.69) is 20.4 Å². The van der Waals surface area contributed by atoms with Crippen LogP contribution in [0, 0.1) is 31.4 Å². The molecule has 280 valence electrons. The number of anilines is 2. The Labute approximate surface area is 305 Å². The van der Waals surface area contributed by atoms with E-state index in [1.807, 2.05) is 22.8 Å². The van der Waals surface area contributed by atoms with Crippen LogP contribution in [0.1, 0.15) is 42.4 Å². The standard InChI is InChI=1S/C38H44F2N8O5/c1-22-23(2)37(51)44(3)20-27(22)25-18-29(39)28(31(19-25)53-4)21-45-13-15-47(16-14-45)33(50)17-24-7-10-46(11-8-24)30-6-5-26-35(34(30)40)42-43-36(26)48-12-9-32(49)41-38(48)52/h5-6,18-20,24H,7-17,21H2,1-4H3,(H,42,43)(H,41,49,52). The predicted molar refractivity (Wildman–Crippen MR) is 196 cm³/mol. The van der Waals surface area contributed by atoms with Gasteiger partial charge in [-0.3, -0.25) is 34.6 Å². The second-order valence-corrected chi connectivity index (χ2v) is 14.3. The minimum absolute atomic E-state index is 0.0840. The van der Waals surface area contributed by atoms with Crippen molar-refractivity contribution in [2.45, 2.75) is 46.1 Å². The number of benzene rings is 2. The molecule has 3 saturated heterocycles. The number of methoxy groups -OCH3 is 1. The molecule has 4 aromatic rings. The van der Waals surface area contributed by atoms with E-state index in [9.17, 15) is 19.2 Å². The number of hydrogen-bond donors (Lipinski definition) is 2. The van der Waals surface area contributed by atoms with Crippen LogP contribution in [-0.2, 0) is 23.2 Å². The van der Waals surface area contributed by atoms with Gasteiger partial charge >= 0.3 is 6.03 Å². The zero-order valence-electron chi connectivity index (χ0n) is 30.4. The number of aromatic amines is 1. The number of piperidine rings is 1. The third-order valence-corrected chi connectivity index (χ3v) is 11.1. The highest BCUT2D eigenvalue weighted by molar-refractivity contribution is 6.09. The fraction of sp³-hybridized carbons (Fsp3) is 0.447. The fourth-order valence-electron chi connectivity index (χ4n) is 7.75. The summed E-state index contributed by atoms with van der Waals surface area (Å²) >= 11 is 0. The molecule has 2 aromatic heterocycles. The minimum atomic E-state index is -0.583. The second kappa shape index (κ2) is 14.6. The Balaban J connectivity index is 0.920. The largest absolute Gasteiger partial charge is 0.496 e. The summed E-state index contributed by atoms with van der Waals surface area (Å²) in [6.07, 6.45) is 3.77. The molecule has 0 radical (unpaired) electrons. The van der Waals surface area contributed by atoms with Crippen LogP contribution in [0.4, 0.5) is 25.1 Å². The summed E-state index contributed by atoms with van der Waals surface area (Å²) in [5.41, 5.74) is 3.84. The van der Waals surface area contributed by atoms with Gasteiger partial charge in [-0.25, -0.2) is 13.6 Å². The van der Waals surface area contributed by atoms with E-state index >= 15 is 8.78 Å². The molecule has 0 aliphatic carbocycles. The van der Waals surface area contributed by atoms with E-state index in [0.29, 0.717) is 85.7 Å². The van der Waals surface area contributed by atoms with Crippen molar-refractivity contribution in [2.24, 2.45) is 13.0 Å². The number of halogens is 2. The third kappa shape index (κ3) is 6.97. The van der Waals surface area contributed by atoms with Crippen LogP contribution in [0.2, 0.25) is 0 Å². The van der Waals surface area contributed by atoms with Crippen LogP contribution in [0.5, 0.6) is 5.75 Å². The first kappa shape index (κ1) is 36.1. The Kier molecular flexibility index (Phi) is 9.94. The van der Waals surface area contributed by atoms with Gasteiger partial charge in [0.2, 0.25) is 11.8 Å². The summed E-state index contributed by atoms with van der Waals surface area (Å²) < 4.78 is 38.5. The fourth-order valence-corrected chi connectivity index (χ4v) is 7.75. The van der Waals surface area contributed by atoms with E-state index < -0.39 is 11.8 Å². The van der Waals surface area contributed by atoms with Gasteiger partial charge in [0.1, 0.15) is 17.1 Å². The predicted octanol–water partition coefficient (Wildman–Crippen LogP) is 4.23. The maximum atomic E-state index is 15.7. The lowest BCUT2D eigenvalue weighted by atomic mass is 9.92. The minimum Gasteiger partial charge on any atom is -0.496 e. The summed E-state index contributed by atoms with van der Waals surface area (Å²) in [4.78, 5) is 56.9. The van der Waals surface area contributed by atoms with Gasteiger partial charge in [0.25, 0.3) is 5.56 Å². The molecule has 3 fully saturated rings. The maximum absolute atomic E-state index is 15.7. The van der Waals surface area contributed by atoms with E-state index in [1.165, 1.54) is 22.6 Å². The molecule has 7 rings (SSSR count). The van der Waals surface area contributed by atoms with Gasteiger partial charge in [0.05, 0.1) is 12.8 Å². The first-order valence-electron chi connectivity index (χ1n) is 18.0. The lowest BCUT2D eigenvalue weighted by Crippen LogP contribution is -2.49. The number of imide groups is 1. The number of hydrogen-bond acceptors (Lipinski definition) is 8. The first-order chi connectivity index (χ1) is 25.4. The summed E-state index contributed by atoms with van der Waals surface area (Å²) in [7, 11) is 3.21. The Morgan fingerprint density at radius 3 is 2.42 bits per heavy atom. The molecule has 2 aromatic carbocycles. The zero-order chi connectivity index (χ0) is 37.6. The van der Waals surface area contributed by atoms with Crippen molar-refractivity contribution in [1.82, 2.24) is 29.9 Å². The van der Waals surface area contributed by atoms with Crippen LogP contribution in [0.15, 0.2) is 35.3 Å². The number of amides is 4. The molecule has 0 bridgehead atoms. The smallest absolute Gasteiger partial charge is 0.329 e. The highest BCUT2D eigenvalue weighted by atomic mass is 19.1. The molecular formula is C38H44F2N8O5. The average molecular weight is 731 g/mol. The number of urea groups is 1. The van der Waals surface area contributed by atoms with Gasteiger partial charge in [-0.2, -0.15) is 5.10 Å². The van der Waals surface area contributed by atoms with Crippen LogP contribution in [-0.4, -0.2) is 95.3 Å². The second-order valence-electron chi connectivity index (χ2n) is 14.3. The van der Waals surface area contributed by atoms with Crippen LogP contribution >= 0.6 is 0 Å². The Bertz CT molecular complexity index is 2150. The number of ether oxygens (including phenoxy) is 1.